The van der Waals surface area contributed by atoms with Gasteiger partial charge in [0.15, 0.2) is 0 Å². The van der Waals surface area contributed by atoms with E-state index in [2.05, 4.69) is 5.32 Å². The van der Waals surface area contributed by atoms with Gasteiger partial charge in [0, 0.05) is 15.9 Å². The van der Waals surface area contributed by atoms with Crippen LogP contribution in [0.5, 0.6) is 0 Å². The van der Waals surface area contributed by atoms with Gasteiger partial charge in [-0.3, -0.25) is 9.59 Å². The topological polar surface area (TPSA) is 160 Å². The average molecular weight is 620 g/mol. The van der Waals surface area contributed by atoms with Crippen LogP contribution in [0.15, 0.2) is 97.1 Å². The third-order valence-electron chi connectivity index (χ3n) is 7.46. The Kier molecular flexibility index (Phi) is 10.2. The zero-order chi connectivity index (χ0) is 31.9. The Morgan fingerprint density at radius 2 is 1.22 bits per heavy atom. The predicted octanol–water partition coefficient (Wildman–Crippen LogP) is 1.48. The van der Waals surface area contributed by atoms with E-state index in [-0.39, 0.29) is 0 Å². The van der Waals surface area contributed by atoms with Gasteiger partial charge in [-0.25, -0.2) is 4.79 Å². The molecule has 5 aromatic rings. The van der Waals surface area contributed by atoms with Crippen LogP contribution in [0.4, 0.5) is 4.79 Å². The first kappa shape index (κ1) is 31.8. The fourth-order valence-electron chi connectivity index (χ4n) is 5.13. The summed E-state index contributed by atoms with van der Waals surface area (Å²) in [5.74, 6) is -1.03. The molecule has 12 heteroatoms. The second kappa shape index (κ2) is 14.4. The number of nitrogens with two attached hydrogens (primary N) is 3. The van der Waals surface area contributed by atoms with Crippen LogP contribution in [0, 0.1) is 0 Å². The lowest BCUT2D eigenvalue weighted by Gasteiger charge is -2.19. The van der Waals surface area contributed by atoms with E-state index in [0.717, 1.165) is 42.0 Å². The Morgan fingerprint density at radius 1 is 0.733 bits per heavy atom. The zero-order valence-corrected chi connectivity index (χ0v) is 25.7. The van der Waals surface area contributed by atoms with Crippen molar-refractivity contribution in [1.29, 1.82) is 0 Å². The third-order valence-corrected chi connectivity index (χ3v) is 8.61. The largest absolute Gasteiger partial charge is 0.525 e. The highest BCUT2D eigenvalue weighted by molar-refractivity contribution is 7.25. The van der Waals surface area contributed by atoms with E-state index in [1.165, 1.54) is 0 Å². The van der Waals surface area contributed by atoms with Gasteiger partial charge in [-0.2, -0.15) is 0 Å². The molecule has 0 aliphatic carbocycles. The Hall–Kier alpha value is -4.64. The van der Waals surface area contributed by atoms with Crippen LogP contribution < -0.4 is 44.4 Å². The second-order valence-corrected chi connectivity index (χ2v) is 12.0. The summed E-state index contributed by atoms with van der Waals surface area (Å²) in [6, 6.07) is 28.9. The number of rotatable bonds is 12. The lowest BCUT2D eigenvalue weighted by atomic mass is 9.54. The van der Waals surface area contributed by atoms with Crippen molar-refractivity contribution in [3.05, 3.63) is 97.1 Å². The van der Waals surface area contributed by atoms with Gasteiger partial charge in [0.05, 0.1) is 6.04 Å². The lowest BCUT2D eigenvalue weighted by molar-refractivity contribution is -0.136. The summed E-state index contributed by atoms with van der Waals surface area (Å²) in [4.78, 5) is 36.7. The molecule has 1 aromatic heterocycles. The minimum Gasteiger partial charge on any atom is -0.525 e. The van der Waals surface area contributed by atoms with Crippen molar-refractivity contribution in [2.24, 2.45) is 17.2 Å². The molecule has 0 bridgehead atoms. The standard InChI is InChI=1S/C33H34B2N4O5S/c1-21(36)31(40)43-34(22-9-4-2-5-10-22)24-14-16-29-26(19-24)27-20-25(15-17-30(27)45-29)35(23-11-6-3-7-12-23)44-32(41)28(37)13-8-18-39-33(38)42/h2-7,9-12,14-17,19-21,28H,8,13,18,36-37H2,1H3,(H3,38,39,42). The summed E-state index contributed by atoms with van der Waals surface area (Å²) in [5.41, 5.74) is 20.4. The van der Waals surface area contributed by atoms with E-state index in [9.17, 15) is 14.4 Å². The number of urea groups is 1. The summed E-state index contributed by atoms with van der Waals surface area (Å²) in [6.07, 6.45) is 0.807. The second-order valence-electron chi connectivity index (χ2n) is 10.9. The van der Waals surface area contributed by atoms with Crippen molar-refractivity contribution in [3.63, 3.8) is 0 Å². The molecule has 0 aliphatic heterocycles. The first-order valence-corrected chi connectivity index (χ1v) is 15.5. The first-order chi connectivity index (χ1) is 21.7. The van der Waals surface area contributed by atoms with Gasteiger partial charge < -0.3 is 31.8 Å². The van der Waals surface area contributed by atoms with Gasteiger partial charge in [-0.15, -0.1) is 11.3 Å². The van der Waals surface area contributed by atoms with Crippen LogP contribution in [0.2, 0.25) is 0 Å². The highest BCUT2D eigenvalue weighted by Gasteiger charge is 2.30. The monoisotopic (exact) mass is 620 g/mol. The maximum Gasteiger partial charge on any atom is 0.429 e. The van der Waals surface area contributed by atoms with E-state index >= 15 is 0 Å². The molecule has 5 rings (SSSR count). The molecule has 45 heavy (non-hydrogen) atoms. The molecule has 2 atom stereocenters. The number of primary amides is 1. The zero-order valence-electron chi connectivity index (χ0n) is 24.8. The minimum absolute atomic E-state index is 0.317. The van der Waals surface area contributed by atoms with Gasteiger partial charge in [-0.1, -0.05) is 84.9 Å². The maximum absolute atomic E-state index is 13.1. The van der Waals surface area contributed by atoms with Gasteiger partial charge in [0.1, 0.15) is 6.04 Å². The van der Waals surface area contributed by atoms with E-state index in [4.69, 9.17) is 26.5 Å². The van der Waals surface area contributed by atoms with Crippen LogP contribution in [0.3, 0.4) is 0 Å². The molecule has 0 saturated carbocycles. The van der Waals surface area contributed by atoms with Crippen molar-refractivity contribution in [2.75, 3.05) is 6.54 Å². The molecule has 0 radical (unpaired) electrons. The van der Waals surface area contributed by atoms with Gasteiger partial charge in [-0.05, 0) is 64.5 Å². The first-order valence-electron chi connectivity index (χ1n) is 14.7. The van der Waals surface area contributed by atoms with E-state index in [0.29, 0.717) is 19.4 Å². The van der Waals surface area contributed by atoms with Gasteiger partial charge in [0.2, 0.25) is 0 Å². The molecule has 9 nitrogen and oxygen atoms in total. The molecule has 228 valence electrons. The average Bonchev–Trinajstić information content (AvgIpc) is 3.42. The normalized spacial score (nSPS) is 12.3. The smallest absolute Gasteiger partial charge is 0.429 e. The quantitative estimate of drug-likeness (QED) is 0.121. The molecule has 2 unspecified atom stereocenters. The number of amides is 2. The number of carbonyl (C=O) groups is 3. The van der Waals surface area contributed by atoms with E-state index < -0.39 is 43.9 Å². The summed E-state index contributed by atoms with van der Waals surface area (Å²) in [7, 11) is 0. The molecule has 2 amide bonds. The fraction of sp³-hybridized carbons (Fsp3) is 0.182. The van der Waals surface area contributed by atoms with Crippen LogP contribution in [-0.2, 0) is 18.9 Å². The summed E-state index contributed by atoms with van der Waals surface area (Å²) in [6.45, 7) is 0.591. The lowest BCUT2D eigenvalue weighted by Crippen LogP contribution is -2.49. The van der Waals surface area contributed by atoms with Gasteiger partial charge >= 0.3 is 31.8 Å². The molecule has 4 aromatic carbocycles. The maximum atomic E-state index is 13.1. The Labute approximate surface area is 266 Å². The van der Waals surface area contributed by atoms with Crippen molar-refractivity contribution in [1.82, 2.24) is 5.32 Å². The summed E-state index contributed by atoms with van der Waals surface area (Å²) in [5, 5.41) is 4.47. The molecule has 0 spiro atoms. The Morgan fingerprint density at radius 3 is 1.69 bits per heavy atom. The SMILES string of the molecule is CC(N)C(=O)OB(c1ccccc1)c1ccc2sc3ccc(B(OC(=O)C(N)CCCNC(N)=O)c4ccccc4)cc3c2c1. The third kappa shape index (κ3) is 7.72. The predicted molar refractivity (Wildman–Crippen MR) is 183 cm³/mol. The summed E-state index contributed by atoms with van der Waals surface area (Å²) >= 11 is 1.65. The van der Waals surface area contributed by atoms with Crippen LogP contribution in [0.1, 0.15) is 19.8 Å². The Bertz CT molecular complexity index is 1800. The van der Waals surface area contributed by atoms with Crippen LogP contribution in [-0.4, -0.2) is 50.4 Å². The number of nitrogens with one attached hydrogen (secondary N) is 1. The van der Waals surface area contributed by atoms with Gasteiger partial charge in [0.25, 0.3) is 0 Å². The molecular weight excluding hydrogens is 586 g/mol. The van der Waals surface area contributed by atoms with E-state index in [1.54, 1.807) is 18.3 Å². The van der Waals surface area contributed by atoms with Crippen molar-refractivity contribution >= 4 is 85.2 Å². The van der Waals surface area contributed by atoms with E-state index in [1.807, 2.05) is 97.1 Å². The highest BCUT2D eigenvalue weighted by Crippen LogP contribution is 2.32. The molecule has 0 fully saturated rings. The highest BCUT2D eigenvalue weighted by atomic mass is 32.1. The number of benzene rings is 4. The molecule has 7 N–H and O–H groups in total. The van der Waals surface area contributed by atoms with Crippen molar-refractivity contribution < 1.29 is 23.7 Å². The number of fused-ring (bicyclic) bond motifs is 3. The molecular formula is C33H34B2N4O5S. The number of carbonyl (C=O) groups excluding carboxylic acids is 3. The Balaban J connectivity index is 1.50. The molecule has 0 saturated heterocycles. The van der Waals surface area contributed by atoms with Crippen LogP contribution >= 0.6 is 11.3 Å². The minimum atomic E-state index is -0.868. The van der Waals surface area contributed by atoms with Crippen LogP contribution in [0.25, 0.3) is 20.2 Å². The number of thiophene rings is 1. The molecule has 1 heterocycles. The number of hydrogen-bond acceptors (Lipinski definition) is 8. The number of hydrogen-bond donors (Lipinski definition) is 4. The molecule has 0 aliphatic rings. The van der Waals surface area contributed by atoms with Crippen molar-refractivity contribution in [2.45, 2.75) is 31.8 Å². The van der Waals surface area contributed by atoms with Crippen molar-refractivity contribution in [3.8, 4) is 0 Å². The fourth-order valence-corrected chi connectivity index (χ4v) is 6.20. The summed E-state index contributed by atoms with van der Waals surface area (Å²) < 4.78 is 14.1.